The third-order valence-corrected chi connectivity index (χ3v) is 6.91. The highest BCUT2D eigenvalue weighted by Gasteiger charge is 2.31. The zero-order valence-corrected chi connectivity index (χ0v) is 17.5. The number of carbonyl (C=O) groups is 1. The molecule has 2 aromatic carbocycles. The van der Waals surface area contributed by atoms with Gasteiger partial charge in [0.15, 0.2) is 0 Å². The first-order valence-corrected chi connectivity index (χ1v) is 11.5. The monoisotopic (exact) mass is 416 g/mol. The second-order valence-electron chi connectivity index (χ2n) is 7.37. The van der Waals surface area contributed by atoms with Crippen LogP contribution in [-0.4, -0.2) is 44.9 Å². The molecule has 156 valence electrons. The molecule has 1 aliphatic rings. The summed E-state index contributed by atoms with van der Waals surface area (Å²) in [6.45, 7) is 3.55. The molecule has 1 aliphatic heterocycles. The average Bonchev–Trinajstić information content (AvgIpc) is 2.71. The number of aryl methyl sites for hydroxylation is 1. The third kappa shape index (κ3) is 6.30. The fraction of sp³-hybridized carbons (Fsp3) is 0.409. The van der Waals surface area contributed by atoms with Gasteiger partial charge in [0.25, 0.3) is 0 Å². The zero-order chi connectivity index (χ0) is 20.7. The molecule has 0 spiro atoms. The van der Waals surface area contributed by atoms with Crippen molar-refractivity contribution < 1.29 is 17.9 Å². The van der Waals surface area contributed by atoms with E-state index in [0.717, 1.165) is 16.9 Å². The molecule has 1 heterocycles. The van der Waals surface area contributed by atoms with E-state index in [2.05, 4.69) is 5.32 Å². The summed E-state index contributed by atoms with van der Waals surface area (Å²) in [5.41, 5.74) is 1.84. The van der Waals surface area contributed by atoms with Crippen LogP contribution in [0.15, 0.2) is 54.6 Å². The smallest absolute Gasteiger partial charge is 0.223 e. The van der Waals surface area contributed by atoms with Gasteiger partial charge in [0, 0.05) is 19.0 Å². The van der Waals surface area contributed by atoms with Gasteiger partial charge < -0.3 is 10.1 Å². The number of nitrogens with one attached hydrogen (secondary N) is 1. The minimum Gasteiger partial charge on any atom is -0.492 e. The van der Waals surface area contributed by atoms with Crippen molar-refractivity contribution in [1.82, 2.24) is 9.62 Å². The Morgan fingerprint density at radius 1 is 1.10 bits per heavy atom. The Kier molecular flexibility index (Phi) is 7.28. The van der Waals surface area contributed by atoms with Gasteiger partial charge in [0.2, 0.25) is 15.9 Å². The Labute approximate surface area is 172 Å². The summed E-state index contributed by atoms with van der Waals surface area (Å²) in [5, 5.41) is 2.89. The molecular weight excluding hydrogens is 388 g/mol. The van der Waals surface area contributed by atoms with Crippen LogP contribution in [0.25, 0.3) is 0 Å². The number of carbonyl (C=O) groups excluding carboxylic acids is 1. The highest BCUT2D eigenvalue weighted by atomic mass is 32.2. The van der Waals surface area contributed by atoms with Crippen LogP contribution in [0, 0.1) is 12.8 Å². The Morgan fingerprint density at radius 3 is 2.52 bits per heavy atom. The predicted octanol–water partition coefficient (Wildman–Crippen LogP) is 2.73. The highest BCUT2D eigenvalue weighted by Crippen LogP contribution is 2.22. The minimum atomic E-state index is -3.37. The van der Waals surface area contributed by atoms with Crippen LogP contribution in [0.3, 0.4) is 0 Å². The summed E-state index contributed by atoms with van der Waals surface area (Å²) >= 11 is 0. The van der Waals surface area contributed by atoms with E-state index in [1.807, 2.05) is 61.5 Å². The number of hydrogen-bond donors (Lipinski definition) is 1. The third-order valence-electron chi connectivity index (χ3n) is 5.06. The second-order valence-corrected chi connectivity index (χ2v) is 9.34. The topological polar surface area (TPSA) is 75.7 Å². The van der Waals surface area contributed by atoms with Gasteiger partial charge in [-0.2, -0.15) is 0 Å². The van der Waals surface area contributed by atoms with Gasteiger partial charge in [-0.15, -0.1) is 0 Å². The molecule has 0 aromatic heterocycles. The number of benzene rings is 2. The molecule has 0 saturated carbocycles. The molecule has 1 amide bonds. The van der Waals surface area contributed by atoms with E-state index in [9.17, 15) is 13.2 Å². The Balaban J connectivity index is 1.41. The molecule has 0 atom stereocenters. The van der Waals surface area contributed by atoms with Crippen molar-refractivity contribution in [2.45, 2.75) is 25.5 Å². The molecule has 7 heteroatoms. The van der Waals surface area contributed by atoms with Gasteiger partial charge in [0.1, 0.15) is 12.4 Å². The van der Waals surface area contributed by atoms with E-state index < -0.39 is 10.0 Å². The first-order chi connectivity index (χ1) is 13.9. The quantitative estimate of drug-likeness (QED) is 0.672. The van der Waals surface area contributed by atoms with Crippen molar-refractivity contribution in [2.75, 3.05) is 26.2 Å². The molecule has 0 unspecified atom stereocenters. The second kappa shape index (κ2) is 9.89. The number of sulfonamides is 1. The molecule has 1 fully saturated rings. The van der Waals surface area contributed by atoms with E-state index in [1.54, 1.807) is 0 Å². The van der Waals surface area contributed by atoms with Crippen LogP contribution in [0.1, 0.15) is 24.0 Å². The maximum atomic E-state index is 12.7. The molecule has 0 bridgehead atoms. The van der Waals surface area contributed by atoms with Crippen molar-refractivity contribution in [3.05, 3.63) is 65.7 Å². The number of rotatable bonds is 8. The van der Waals surface area contributed by atoms with Crippen molar-refractivity contribution in [3.8, 4) is 5.75 Å². The standard InChI is InChI=1S/C22H28N2O4S/c1-18-6-5-7-19(16-18)17-29(26,27)24-13-10-20(11-14-24)22(25)23-12-15-28-21-8-3-2-4-9-21/h2-9,16,20H,10-15,17H2,1H3,(H,23,25). The number of amides is 1. The molecule has 1 N–H and O–H groups in total. The highest BCUT2D eigenvalue weighted by molar-refractivity contribution is 7.88. The zero-order valence-electron chi connectivity index (χ0n) is 16.7. The summed E-state index contributed by atoms with van der Waals surface area (Å²) in [6, 6.07) is 17.0. The van der Waals surface area contributed by atoms with Gasteiger partial charge in [-0.3, -0.25) is 4.79 Å². The largest absolute Gasteiger partial charge is 0.492 e. The van der Waals surface area contributed by atoms with Crippen LogP contribution in [0.2, 0.25) is 0 Å². The maximum Gasteiger partial charge on any atom is 0.223 e. The number of ether oxygens (including phenoxy) is 1. The molecule has 1 saturated heterocycles. The number of hydrogen-bond acceptors (Lipinski definition) is 4. The summed E-state index contributed by atoms with van der Waals surface area (Å²) in [5.74, 6) is 0.589. The summed E-state index contributed by atoms with van der Waals surface area (Å²) in [7, 11) is -3.37. The van der Waals surface area contributed by atoms with Gasteiger partial charge in [0.05, 0.1) is 12.3 Å². The predicted molar refractivity (Wildman–Crippen MR) is 113 cm³/mol. The van der Waals surface area contributed by atoms with Gasteiger partial charge in [-0.1, -0.05) is 48.0 Å². The molecule has 6 nitrogen and oxygen atoms in total. The lowest BCUT2D eigenvalue weighted by Gasteiger charge is -2.30. The maximum absolute atomic E-state index is 12.7. The van der Waals surface area contributed by atoms with E-state index >= 15 is 0 Å². The average molecular weight is 417 g/mol. The first-order valence-electron chi connectivity index (χ1n) is 9.93. The number of para-hydroxylation sites is 1. The lowest BCUT2D eigenvalue weighted by Crippen LogP contribution is -2.43. The number of nitrogens with zero attached hydrogens (tertiary/aromatic N) is 1. The SMILES string of the molecule is Cc1cccc(CS(=O)(=O)N2CCC(C(=O)NCCOc3ccccc3)CC2)c1. The summed E-state index contributed by atoms with van der Waals surface area (Å²) < 4.78 is 32.5. The van der Waals surface area contributed by atoms with E-state index in [1.165, 1.54) is 4.31 Å². The molecular formula is C22H28N2O4S. The van der Waals surface area contributed by atoms with Crippen LogP contribution < -0.4 is 10.1 Å². The van der Waals surface area contributed by atoms with Crippen LogP contribution >= 0.6 is 0 Å². The van der Waals surface area contributed by atoms with Crippen molar-refractivity contribution in [3.63, 3.8) is 0 Å². The van der Waals surface area contributed by atoms with Gasteiger partial charge >= 0.3 is 0 Å². The minimum absolute atomic E-state index is 0.00235. The van der Waals surface area contributed by atoms with E-state index in [0.29, 0.717) is 39.1 Å². The lowest BCUT2D eigenvalue weighted by molar-refractivity contribution is -0.126. The summed E-state index contributed by atoms with van der Waals surface area (Å²) in [4.78, 5) is 12.4. The normalized spacial score (nSPS) is 15.8. The van der Waals surface area contributed by atoms with Crippen LogP contribution in [0.4, 0.5) is 0 Å². The Hall–Kier alpha value is -2.38. The van der Waals surface area contributed by atoms with Crippen LogP contribution in [0.5, 0.6) is 5.75 Å². The molecule has 3 rings (SSSR count). The van der Waals surface area contributed by atoms with Crippen molar-refractivity contribution in [2.24, 2.45) is 5.92 Å². The number of piperidine rings is 1. The Morgan fingerprint density at radius 2 is 1.83 bits per heavy atom. The molecule has 0 aliphatic carbocycles. The fourth-order valence-electron chi connectivity index (χ4n) is 3.50. The van der Waals surface area contributed by atoms with Crippen LogP contribution in [-0.2, 0) is 20.6 Å². The van der Waals surface area contributed by atoms with Crippen molar-refractivity contribution >= 4 is 15.9 Å². The van der Waals surface area contributed by atoms with E-state index in [-0.39, 0.29) is 17.6 Å². The fourth-order valence-corrected chi connectivity index (χ4v) is 5.05. The Bertz CT molecular complexity index is 907. The molecule has 0 radical (unpaired) electrons. The first kappa shape index (κ1) is 21.3. The van der Waals surface area contributed by atoms with Crippen molar-refractivity contribution in [1.29, 1.82) is 0 Å². The van der Waals surface area contributed by atoms with Gasteiger partial charge in [-0.25, -0.2) is 12.7 Å². The lowest BCUT2D eigenvalue weighted by atomic mass is 9.97. The summed E-state index contributed by atoms with van der Waals surface area (Å²) in [6.07, 6.45) is 1.08. The molecule has 29 heavy (non-hydrogen) atoms. The molecule has 2 aromatic rings. The van der Waals surface area contributed by atoms with E-state index in [4.69, 9.17) is 4.74 Å². The van der Waals surface area contributed by atoms with Gasteiger partial charge in [-0.05, 0) is 37.5 Å².